The van der Waals surface area contributed by atoms with Gasteiger partial charge >= 0.3 is 0 Å². The Bertz CT molecular complexity index is 1550. The van der Waals surface area contributed by atoms with Gasteiger partial charge in [-0.1, -0.05) is 18.2 Å². The van der Waals surface area contributed by atoms with Crippen molar-refractivity contribution in [2.45, 2.75) is 32.4 Å². The molecule has 0 radical (unpaired) electrons. The molecule has 2 N–H and O–H groups in total. The van der Waals surface area contributed by atoms with Gasteiger partial charge in [0.05, 0.1) is 30.5 Å². The molecule has 0 spiro atoms. The molecule has 2 aliphatic rings. The van der Waals surface area contributed by atoms with Crippen molar-refractivity contribution in [3.63, 3.8) is 0 Å². The Kier molecular flexibility index (Phi) is 7.28. The number of rotatable bonds is 8. The summed E-state index contributed by atoms with van der Waals surface area (Å²) in [6.45, 7) is 2.28. The van der Waals surface area contributed by atoms with Crippen LogP contribution in [0.4, 0.5) is 0 Å². The van der Waals surface area contributed by atoms with E-state index in [2.05, 4.69) is 15.6 Å². The lowest BCUT2D eigenvalue weighted by atomic mass is 10.0. The van der Waals surface area contributed by atoms with Crippen LogP contribution < -0.4 is 20.1 Å². The summed E-state index contributed by atoms with van der Waals surface area (Å²) in [5, 5.41) is 4.94. The monoisotopic (exact) mass is 542 g/mol. The second-order valence-electron chi connectivity index (χ2n) is 9.18. The Hall–Kier alpha value is -5.06. The van der Waals surface area contributed by atoms with Crippen molar-refractivity contribution in [3.8, 4) is 22.8 Å². The third-order valence-corrected chi connectivity index (χ3v) is 6.73. The summed E-state index contributed by atoms with van der Waals surface area (Å²) in [5.74, 6) is -1.71. The van der Waals surface area contributed by atoms with E-state index >= 15 is 0 Å². The number of methoxy groups -OCH3 is 1. The smallest absolute Gasteiger partial charge is 0.270 e. The van der Waals surface area contributed by atoms with Crippen molar-refractivity contribution in [1.29, 1.82) is 0 Å². The molecule has 5 rings (SSSR count). The third-order valence-electron chi connectivity index (χ3n) is 6.73. The maximum absolute atomic E-state index is 13.3. The van der Waals surface area contributed by atoms with Crippen molar-refractivity contribution in [3.05, 3.63) is 77.0 Å². The van der Waals surface area contributed by atoms with Gasteiger partial charge in [0, 0.05) is 18.5 Å². The summed E-state index contributed by atoms with van der Waals surface area (Å²) in [7, 11) is 1.55. The van der Waals surface area contributed by atoms with E-state index in [1.165, 1.54) is 6.07 Å². The number of carbonyl (C=O) groups excluding carboxylic acids is 5. The van der Waals surface area contributed by atoms with E-state index in [1.807, 2.05) is 13.0 Å². The van der Waals surface area contributed by atoms with Crippen LogP contribution in [-0.2, 0) is 16.1 Å². The lowest BCUT2D eigenvalue weighted by Crippen LogP contribution is -2.54. The summed E-state index contributed by atoms with van der Waals surface area (Å²) in [5.41, 5.74) is 2.14. The number of ether oxygens (including phenoxy) is 2. The van der Waals surface area contributed by atoms with Gasteiger partial charge in [-0.2, -0.15) is 0 Å². The topological polar surface area (TPSA) is 144 Å². The number of amides is 5. The molecular formula is C29H26N4O7. The number of benzene rings is 2. The molecule has 11 heteroatoms. The number of aromatic nitrogens is 1. The largest absolute Gasteiger partial charge is 0.493 e. The lowest BCUT2D eigenvalue weighted by Gasteiger charge is -2.27. The first-order valence-corrected chi connectivity index (χ1v) is 12.7. The Balaban J connectivity index is 1.33. The summed E-state index contributed by atoms with van der Waals surface area (Å²) in [4.78, 5) is 68.6. The van der Waals surface area contributed by atoms with Crippen LogP contribution in [0.2, 0.25) is 0 Å². The van der Waals surface area contributed by atoms with Crippen molar-refractivity contribution < 1.29 is 33.4 Å². The summed E-state index contributed by atoms with van der Waals surface area (Å²) in [6, 6.07) is 14.1. The first kappa shape index (κ1) is 26.5. The highest BCUT2D eigenvalue weighted by Crippen LogP contribution is 2.32. The van der Waals surface area contributed by atoms with Gasteiger partial charge in [-0.3, -0.25) is 34.2 Å². The van der Waals surface area contributed by atoms with E-state index in [4.69, 9.17) is 9.47 Å². The Morgan fingerprint density at radius 1 is 1.05 bits per heavy atom. The number of hydrogen-bond donors (Lipinski definition) is 2. The molecule has 11 nitrogen and oxygen atoms in total. The molecule has 0 saturated carbocycles. The molecule has 0 bridgehead atoms. The fraction of sp³-hybridized carbons (Fsp3) is 0.241. The van der Waals surface area contributed by atoms with Gasteiger partial charge in [0.25, 0.3) is 17.7 Å². The van der Waals surface area contributed by atoms with Crippen molar-refractivity contribution in [2.24, 2.45) is 0 Å². The Labute approximate surface area is 229 Å². The molecule has 3 heterocycles. The molecule has 1 fully saturated rings. The van der Waals surface area contributed by atoms with E-state index in [0.29, 0.717) is 29.4 Å². The zero-order valence-electron chi connectivity index (χ0n) is 21.9. The van der Waals surface area contributed by atoms with Gasteiger partial charge in [-0.15, -0.1) is 0 Å². The number of imide groups is 2. The highest BCUT2D eigenvalue weighted by Gasteiger charge is 2.45. The van der Waals surface area contributed by atoms with Crippen LogP contribution in [0.25, 0.3) is 11.3 Å². The van der Waals surface area contributed by atoms with Gasteiger partial charge in [0.1, 0.15) is 11.7 Å². The summed E-state index contributed by atoms with van der Waals surface area (Å²) < 4.78 is 11.0. The summed E-state index contributed by atoms with van der Waals surface area (Å²) >= 11 is 0. The van der Waals surface area contributed by atoms with Gasteiger partial charge in [0.15, 0.2) is 11.5 Å². The van der Waals surface area contributed by atoms with E-state index in [9.17, 15) is 24.0 Å². The van der Waals surface area contributed by atoms with Crippen LogP contribution >= 0.6 is 0 Å². The van der Waals surface area contributed by atoms with E-state index < -0.39 is 35.6 Å². The van der Waals surface area contributed by atoms with E-state index in [0.717, 1.165) is 10.5 Å². The SMILES string of the molecule is CCOc1cc(-c2cccc(C(=O)NCc3cccc4c3C(=O)N(C3CCC(=O)NC3=O)C4=O)n2)ccc1OC. The van der Waals surface area contributed by atoms with Gasteiger partial charge in [-0.25, -0.2) is 4.98 Å². The summed E-state index contributed by atoms with van der Waals surface area (Å²) in [6.07, 6.45) is 0.0900. The molecule has 40 heavy (non-hydrogen) atoms. The molecule has 1 atom stereocenters. The number of carbonyl (C=O) groups is 5. The number of nitrogens with zero attached hydrogens (tertiary/aromatic N) is 2. The Morgan fingerprint density at radius 3 is 2.60 bits per heavy atom. The minimum Gasteiger partial charge on any atom is -0.493 e. The van der Waals surface area contributed by atoms with E-state index in [-0.39, 0.29) is 36.2 Å². The molecule has 2 aliphatic heterocycles. The zero-order chi connectivity index (χ0) is 28.4. The average molecular weight is 543 g/mol. The number of nitrogens with one attached hydrogen (secondary N) is 2. The minimum atomic E-state index is -1.07. The lowest BCUT2D eigenvalue weighted by molar-refractivity contribution is -0.136. The first-order valence-electron chi connectivity index (χ1n) is 12.7. The number of piperidine rings is 1. The van der Waals surface area contributed by atoms with Crippen molar-refractivity contribution in [2.75, 3.05) is 13.7 Å². The Morgan fingerprint density at radius 2 is 1.85 bits per heavy atom. The molecule has 204 valence electrons. The fourth-order valence-electron chi connectivity index (χ4n) is 4.82. The molecule has 0 aliphatic carbocycles. The number of pyridine rings is 1. The maximum Gasteiger partial charge on any atom is 0.270 e. The minimum absolute atomic E-state index is 0.0300. The van der Waals surface area contributed by atoms with Crippen LogP contribution in [0.15, 0.2) is 54.6 Å². The normalized spacial score (nSPS) is 16.4. The van der Waals surface area contributed by atoms with Gasteiger partial charge < -0.3 is 14.8 Å². The fourth-order valence-corrected chi connectivity index (χ4v) is 4.82. The van der Waals surface area contributed by atoms with Gasteiger partial charge in [-0.05, 0) is 55.3 Å². The first-order chi connectivity index (χ1) is 19.3. The van der Waals surface area contributed by atoms with Crippen LogP contribution in [0, 0.1) is 0 Å². The highest BCUT2D eigenvalue weighted by molar-refractivity contribution is 6.24. The number of fused-ring (bicyclic) bond motifs is 1. The molecule has 1 saturated heterocycles. The molecule has 3 aromatic rings. The third kappa shape index (κ3) is 4.89. The predicted molar refractivity (Wildman–Crippen MR) is 142 cm³/mol. The second kappa shape index (κ2) is 11.0. The standard InChI is InChI=1S/C29H26N4O7/c1-3-40-23-14-16(10-12-22(23)39-2)19-8-5-9-20(31-19)26(35)30-15-17-6-4-7-18-25(17)29(38)33(28(18)37)21-11-13-24(34)32-27(21)36/h4-10,12,14,21H,3,11,13,15H2,1-2H3,(H,30,35)(H,32,34,36). The van der Waals surface area contributed by atoms with E-state index in [1.54, 1.807) is 49.6 Å². The van der Waals surface area contributed by atoms with Gasteiger partial charge in [0.2, 0.25) is 11.8 Å². The highest BCUT2D eigenvalue weighted by atomic mass is 16.5. The quantitative estimate of drug-likeness (QED) is 0.413. The van der Waals surface area contributed by atoms with Crippen molar-refractivity contribution >= 4 is 29.5 Å². The molecule has 5 amide bonds. The zero-order valence-corrected chi connectivity index (χ0v) is 21.9. The van der Waals surface area contributed by atoms with Crippen molar-refractivity contribution in [1.82, 2.24) is 20.5 Å². The second-order valence-corrected chi connectivity index (χ2v) is 9.18. The molecule has 1 unspecified atom stereocenters. The average Bonchev–Trinajstić information content (AvgIpc) is 3.22. The van der Waals surface area contributed by atoms with Crippen LogP contribution in [-0.4, -0.2) is 59.2 Å². The van der Waals surface area contributed by atoms with Crippen LogP contribution in [0.1, 0.15) is 56.5 Å². The van der Waals surface area contributed by atoms with Crippen LogP contribution in [0.3, 0.4) is 0 Å². The molecule has 2 aromatic carbocycles. The van der Waals surface area contributed by atoms with Crippen LogP contribution in [0.5, 0.6) is 11.5 Å². The predicted octanol–water partition coefficient (Wildman–Crippen LogP) is 2.49. The number of hydrogen-bond acceptors (Lipinski definition) is 8. The molecule has 1 aromatic heterocycles. The molecular weight excluding hydrogens is 516 g/mol. The maximum atomic E-state index is 13.3.